The zero-order valence-electron chi connectivity index (χ0n) is 13.2. The second-order valence-electron chi connectivity index (χ2n) is 5.24. The molecule has 0 aliphatic carbocycles. The summed E-state index contributed by atoms with van der Waals surface area (Å²) in [6, 6.07) is 8.59. The number of nitrogens with one attached hydrogen (secondary N) is 2. The van der Waals surface area contributed by atoms with Gasteiger partial charge < -0.3 is 20.5 Å². The number of methoxy groups -OCH3 is 1. The highest BCUT2D eigenvalue weighted by Crippen LogP contribution is 2.20. The molecular formula is C17H18F2N2O3. The van der Waals surface area contributed by atoms with Crippen molar-refractivity contribution in [1.82, 2.24) is 5.32 Å². The maximum Gasteiger partial charge on any atom is 0.319 e. The lowest BCUT2D eigenvalue weighted by Crippen LogP contribution is -2.39. The fourth-order valence-corrected chi connectivity index (χ4v) is 2.14. The maximum atomic E-state index is 13.2. The Morgan fingerprint density at radius 1 is 1.17 bits per heavy atom. The lowest BCUT2D eigenvalue weighted by Gasteiger charge is -2.21. The van der Waals surface area contributed by atoms with Gasteiger partial charge in [0.25, 0.3) is 0 Å². The summed E-state index contributed by atoms with van der Waals surface area (Å²) in [5.41, 5.74) is 0.685. The average molecular weight is 336 g/mol. The summed E-state index contributed by atoms with van der Waals surface area (Å²) in [4.78, 5) is 12.0. The van der Waals surface area contributed by atoms with Gasteiger partial charge in [0.1, 0.15) is 5.75 Å². The van der Waals surface area contributed by atoms with Gasteiger partial charge in [-0.05, 0) is 36.8 Å². The fourth-order valence-electron chi connectivity index (χ4n) is 2.14. The monoisotopic (exact) mass is 336 g/mol. The summed E-state index contributed by atoms with van der Waals surface area (Å²) in [6.45, 7) is 1.55. The first-order valence-electron chi connectivity index (χ1n) is 7.25. The Labute approximate surface area is 138 Å². The molecule has 0 aliphatic heterocycles. The van der Waals surface area contributed by atoms with Gasteiger partial charge in [-0.1, -0.05) is 12.1 Å². The number of carbonyl (C=O) groups is 1. The minimum Gasteiger partial charge on any atom is -0.497 e. The van der Waals surface area contributed by atoms with Crippen molar-refractivity contribution in [2.75, 3.05) is 12.4 Å². The first kappa shape index (κ1) is 17.7. The van der Waals surface area contributed by atoms with Gasteiger partial charge in [0, 0.05) is 11.8 Å². The topological polar surface area (TPSA) is 70.6 Å². The molecule has 7 heteroatoms. The first-order valence-corrected chi connectivity index (χ1v) is 7.25. The molecule has 0 heterocycles. The Morgan fingerprint density at radius 2 is 1.92 bits per heavy atom. The van der Waals surface area contributed by atoms with E-state index >= 15 is 0 Å². The lowest BCUT2D eigenvalue weighted by molar-refractivity contribution is 0.138. The molecule has 0 saturated heterocycles. The molecule has 0 aliphatic rings. The Hall–Kier alpha value is -2.67. The molecule has 0 aromatic heterocycles. The van der Waals surface area contributed by atoms with Crippen LogP contribution in [0.3, 0.4) is 0 Å². The highest BCUT2D eigenvalue weighted by molar-refractivity contribution is 5.89. The van der Waals surface area contributed by atoms with Crippen molar-refractivity contribution in [3.05, 3.63) is 59.7 Å². The molecule has 2 unspecified atom stereocenters. The van der Waals surface area contributed by atoms with Crippen LogP contribution in [-0.2, 0) is 0 Å². The molecular weight excluding hydrogens is 318 g/mol. The number of rotatable bonds is 5. The van der Waals surface area contributed by atoms with Gasteiger partial charge in [0.2, 0.25) is 0 Å². The van der Waals surface area contributed by atoms with Crippen LogP contribution in [0.5, 0.6) is 5.75 Å². The van der Waals surface area contributed by atoms with Gasteiger partial charge in [0.05, 0.1) is 19.3 Å². The molecule has 0 radical (unpaired) electrons. The van der Waals surface area contributed by atoms with E-state index in [4.69, 9.17) is 4.74 Å². The molecule has 0 spiro atoms. The second kappa shape index (κ2) is 7.74. The summed E-state index contributed by atoms with van der Waals surface area (Å²) in [5, 5.41) is 15.3. The predicted octanol–water partition coefficient (Wildman–Crippen LogP) is 3.22. The molecule has 2 rings (SSSR count). The van der Waals surface area contributed by atoms with Gasteiger partial charge >= 0.3 is 6.03 Å². The van der Waals surface area contributed by atoms with Gasteiger partial charge in [-0.3, -0.25) is 0 Å². The van der Waals surface area contributed by atoms with Crippen LogP contribution >= 0.6 is 0 Å². The Balaban J connectivity index is 1.98. The first-order chi connectivity index (χ1) is 11.4. The third kappa shape index (κ3) is 4.42. The van der Waals surface area contributed by atoms with E-state index in [1.807, 2.05) is 0 Å². The third-order valence-electron chi connectivity index (χ3n) is 3.45. The van der Waals surface area contributed by atoms with Crippen LogP contribution in [0, 0.1) is 11.6 Å². The SMILES string of the molecule is COc1cccc(NC(=O)NC(C)C(O)c2ccc(F)c(F)c2)c1. The largest absolute Gasteiger partial charge is 0.497 e. The Bertz CT molecular complexity index is 725. The minimum absolute atomic E-state index is 0.170. The molecule has 24 heavy (non-hydrogen) atoms. The van der Waals surface area contributed by atoms with Crippen molar-refractivity contribution in [2.24, 2.45) is 0 Å². The quantitative estimate of drug-likeness (QED) is 0.785. The zero-order valence-corrected chi connectivity index (χ0v) is 13.2. The van der Waals surface area contributed by atoms with Crippen LogP contribution in [0.4, 0.5) is 19.3 Å². The zero-order chi connectivity index (χ0) is 17.7. The van der Waals surface area contributed by atoms with Crippen LogP contribution in [0.25, 0.3) is 0 Å². The number of amides is 2. The van der Waals surface area contributed by atoms with Crippen molar-refractivity contribution in [1.29, 1.82) is 0 Å². The number of carbonyl (C=O) groups excluding carboxylic acids is 1. The van der Waals surface area contributed by atoms with E-state index in [0.717, 1.165) is 12.1 Å². The summed E-state index contributed by atoms with van der Waals surface area (Å²) in [7, 11) is 1.51. The Morgan fingerprint density at radius 3 is 2.58 bits per heavy atom. The predicted molar refractivity (Wildman–Crippen MR) is 85.9 cm³/mol. The minimum atomic E-state index is -1.18. The van der Waals surface area contributed by atoms with E-state index in [2.05, 4.69) is 10.6 Å². The Kier molecular flexibility index (Phi) is 5.70. The molecule has 0 saturated carbocycles. The third-order valence-corrected chi connectivity index (χ3v) is 3.45. The molecule has 0 fully saturated rings. The molecule has 128 valence electrons. The van der Waals surface area contributed by atoms with Crippen molar-refractivity contribution in [3.8, 4) is 5.75 Å². The van der Waals surface area contributed by atoms with Crippen LogP contribution in [0.2, 0.25) is 0 Å². The highest BCUT2D eigenvalue weighted by Gasteiger charge is 2.20. The standard InChI is InChI=1S/C17H18F2N2O3/c1-10(16(22)11-6-7-14(18)15(19)8-11)20-17(23)21-12-4-3-5-13(9-12)24-2/h3-10,16,22H,1-2H3,(H2,20,21,23). The summed E-state index contributed by atoms with van der Waals surface area (Å²) < 4.78 is 31.2. The summed E-state index contributed by atoms with van der Waals surface area (Å²) >= 11 is 0. The number of urea groups is 1. The van der Waals surface area contributed by atoms with Crippen LogP contribution in [0.1, 0.15) is 18.6 Å². The second-order valence-corrected chi connectivity index (χ2v) is 5.24. The highest BCUT2D eigenvalue weighted by atomic mass is 19.2. The van der Waals surface area contributed by atoms with Crippen molar-refractivity contribution < 1.29 is 23.4 Å². The smallest absolute Gasteiger partial charge is 0.319 e. The molecule has 3 N–H and O–H groups in total. The molecule has 2 aromatic rings. The van der Waals surface area contributed by atoms with Gasteiger partial charge in [-0.25, -0.2) is 13.6 Å². The van der Waals surface area contributed by atoms with E-state index in [9.17, 15) is 18.7 Å². The fraction of sp³-hybridized carbons (Fsp3) is 0.235. The van der Waals surface area contributed by atoms with E-state index in [1.165, 1.54) is 13.2 Å². The number of hydrogen-bond donors (Lipinski definition) is 3. The van der Waals surface area contributed by atoms with Crippen molar-refractivity contribution in [2.45, 2.75) is 19.1 Å². The van der Waals surface area contributed by atoms with Crippen LogP contribution < -0.4 is 15.4 Å². The van der Waals surface area contributed by atoms with Crippen LogP contribution in [0.15, 0.2) is 42.5 Å². The average Bonchev–Trinajstić information content (AvgIpc) is 2.56. The molecule has 2 amide bonds. The van der Waals surface area contributed by atoms with E-state index in [-0.39, 0.29) is 5.56 Å². The maximum absolute atomic E-state index is 13.2. The normalized spacial score (nSPS) is 13.0. The van der Waals surface area contributed by atoms with E-state index in [0.29, 0.717) is 11.4 Å². The number of hydrogen-bond acceptors (Lipinski definition) is 3. The van der Waals surface area contributed by atoms with Gasteiger partial charge in [0.15, 0.2) is 11.6 Å². The number of benzene rings is 2. The van der Waals surface area contributed by atoms with Crippen molar-refractivity contribution >= 4 is 11.7 Å². The number of aliphatic hydroxyl groups is 1. The molecule has 0 bridgehead atoms. The lowest BCUT2D eigenvalue weighted by atomic mass is 10.0. The number of anilines is 1. The van der Waals surface area contributed by atoms with Gasteiger partial charge in [-0.15, -0.1) is 0 Å². The molecule has 5 nitrogen and oxygen atoms in total. The van der Waals surface area contributed by atoms with Gasteiger partial charge in [-0.2, -0.15) is 0 Å². The van der Waals surface area contributed by atoms with E-state index < -0.39 is 29.8 Å². The number of halogens is 2. The van der Waals surface area contributed by atoms with E-state index in [1.54, 1.807) is 31.2 Å². The van der Waals surface area contributed by atoms with Crippen molar-refractivity contribution in [3.63, 3.8) is 0 Å². The van der Waals surface area contributed by atoms with Crippen LogP contribution in [-0.4, -0.2) is 24.3 Å². The number of ether oxygens (including phenoxy) is 1. The summed E-state index contributed by atoms with van der Waals surface area (Å²) in [6.07, 6.45) is -1.18. The molecule has 2 atom stereocenters. The summed E-state index contributed by atoms with van der Waals surface area (Å²) in [5.74, 6) is -1.47. The molecule has 2 aromatic carbocycles. The number of aliphatic hydroxyl groups excluding tert-OH is 1.